The van der Waals surface area contributed by atoms with E-state index in [0.717, 1.165) is 6.07 Å². The highest BCUT2D eigenvalue weighted by Crippen LogP contribution is 2.27. The SMILES string of the molecule is O=S(=O)(Nc1ccc(Cl)c(Br)c1)c1ccc(Br)c(F)c1. The lowest BCUT2D eigenvalue weighted by molar-refractivity contribution is 0.593. The predicted octanol–water partition coefficient (Wildman–Crippen LogP) is 4.80. The van der Waals surface area contributed by atoms with Gasteiger partial charge in [-0.15, -0.1) is 0 Å². The number of rotatable bonds is 3. The van der Waals surface area contributed by atoms with Crippen molar-refractivity contribution in [3.05, 3.63) is 56.2 Å². The molecular weight excluding hydrogens is 436 g/mol. The van der Waals surface area contributed by atoms with Gasteiger partial charge in [0.15, 0.2) is 0 Å². The minimum Gasteiger partial charge on any atom is -0.280 e. The molecule has 0 saturated heterocycles. The van der Waals surface area contributed by atoms with E-state index < -0.39 is 15.8 Å². The second-order valence-corrected chi connectivity index (χ2v) is 7.61. The zero-order chi connectivity index (χ0) is 14.9. The first-order valence-electron chi connectivity index (χ1n) is 5.22. The summed E-state index contributed by atoms with van der Waals surface area (Å²) in [6, 6.07) is 8.17. The standard InChI is InChI=1S/C12H7Br2ClFNO2S/c13-9-3-2-8(6-12(9)16)20(18,19)17-7-1-4-11(15)10(14)5-7/h1-6,17H. The maximum Gasteiger partial charge on any atom is 0.261 e. The normalized spacial score (nSPS) is 11.4. The third kappa shape index (κ3) is 3.52. The molecule has 0 amide bonds. The summed E-state index contributed by atoms with van der Waals surface area (Å²) in [6.07, 6.45) is 0. The van der Waals surface area contributed by atoms with Crippen LogP contribution in [0.4, 0.5) is 10.1 Å². The highest BCUT2D eigenvalue weighted by Gasteiger charge is 2.16. The van der Waals surface area contributed by atoms with E-state index >= 15 is 0 Å². The van der Waals surface area contributed by atoms with Gasteiger partial charge in [-0.25, -0.2) is 12.8 Å². The Kier molecular flexibility index (Phi) is 4.73. The van der Waals surface area contributed by atoms with E-state index in [1.54, 1.807) is 6.07 Å². The Balaban J connectivity index is 2.35. The molecule has 0 aliphatic carbocycles. The van der Waals surface area contributed by atoms with Crippen LogP contribution in [0.3, 0.4) is 0 Å². The summed E-state index contributed by atoms with van der Waals surface area (Å²) in [5, 5.41) is 0.461. The van der Waals surface area contributed by atoms with Gasteiger partial charge in [-0.2, -0.15) is 0 Å². The summed E-state index contributed by atoms with van der Waals surface area (Å²) in [7, 11) is -3.86. The second kappa shape index (κ2) is 6.01. The zero-order valence-corrected chi connectivity index (χ0v) is 14.4. The fourth-order valence-electron chi connectivity index (χ4n) is 1.42. The maximum atomic E-state index is 13.4. The van der Waals surface area contributed by atoms with Crippen molar-refractivity contribution in [2.24, 2.45) is 0 Å². The first kappa shape index (κ1) is 15.8. The summed E-state index contributed by atoms with van der Waals surface area (Å²) in [5.74, 6) is -0.648. The van der Waals surface area contributed by atoms with Crippen LogP contribution in [0, 0.1) is 5.82 Å². The molecule has 0 fully saturated rings. The van der Waals surface area contributed by atoms with E-state index in [2.05, 4.69) is 36.6 Å². The largest absolute Gasteiger partial charge is 0.280 e. The molecule has 2 aromatic rings. The van der Waals surface area contributed by atoms with Crippen molar-refractivity contribution in [1.29, 1.82) is 0 Å². The highest BCUT2D eigenvalue weighted by molar-refractivity contribution is 9.10. The first-order chi connectivity index (χ1) is 9.29. The van der Waals surface area contributed by atoms with Gasteiger partial charge < -0.3 is 0 Å². The van der Waals surface area contributed by atoms with E-state index in [9.17, 15) is 12.8 Å². The molecular formula is C12H7Br2ClFNO2S. The number of hydrogen-bond donors (Lipinski definition) is 1. The van der Waals surface area contributed by atoms with Gasteiger partial charge in [-0.1, -0.05) is 11.6 Å². The van der Waals surface area contributed by atoms with Crippen LogP contribution in [0.1, 0.15) is 0 Å². The molecule has 0 aliphatic rings. The van der Waals surface area contributed by atoms with Crippen LogP contribution in [-0.2, 0) is 10.0 Å². The summed E-state index contributed by atoms with van der Waals surface area (Å²) in [6.45, 7) is 0. The Morgan fingerprint density at radius 1 is 1.05 bits per heavy atom. The molecule has 0 aromatic heterocycles. The second-order valence-electron chi connectivity index (χ2n) is 3.81. The van der Waals surface area contributed by atoms with Crippen molar-refractivity contribution in [3.8, 4) is 0 Å². The Morgan fingerprint density at radius 2 is 1.75 bits per heavy atom. The monoisotopic (exact) mass is 441 g/mol. The molecule has 2 rings (SSSR count). The van der Waals surface area contributed by atoms with Crippen LogP contribution in [0.2, 0.25) is 5.02 Å². The third-order valence-corrected chi connectivity index (χ3v) is 5.61. The quantitative estimate of drug-likeness (QED) is 0.741. The molecule has 0 heterocycles. The molecule has 106 valence electrons. The van der Waals surface area contributed by atoms with E-state index in [1.807, 2.05) is 0 Å². The lowest BCUT2D eigenvalue weighted by Gasteiger charge is -2.09. The molecule has 2 aromatic carbocycles. The van der Waals surface area contributed by atoms with Crippen LogP contribution in [0.5, 0.6) is 0 Å². The Morgan fingerprint density at radius 3 is 2.35 bits per heavy atom. The van der Waals surface area contributed by atoms with Gasteiger partial charge in [0.2, 0.25) is 0 Å². The molecule has 0 spiro atoms. The van der Waals surface area contributed by atoms with Crippen LogP contribution in [-0.4, -0.2) is 8.42 Å². The number of halogens is 4. The van der Waals surface area contributed by atoms with Gasteiger partial charge in [-0.3, -0.25) is 4.72 Å². The summed E-state index contributed by atoms with van der Waals surface area (Å²) in [4.78, 5) is -0.163. The highest BCUT2D eigenvalue weighted by atomic mass is 79.9. The molecule has 20 heavy (non-hydrogen) atoms. The smallest absolute Gasteiger partial charge is 0.261 e. The molecule has 8 heteroatoms. The predicted molar refractivity (Wildman–Crippen MR) is 84.1 cm³/mol. The number of benzene rings is 2. The molecule has 0 unspecified atom stereocenters. The fraction of sp³-hybridized carbons (Fsp3) is 0. The van der Waals surface area contributed by atoms with Crippen LogP contribution in [0.25, 0.3) is 0 Å². The van der Waals surface area contributed by atoms with E-state index in [1.165, 1.54) is 24.3 Å². The van der Waals surface area contributed by atoms with Gasteiger partial charge >= 0.3 is 0 Å². The Hall–Kier alpha value is -0.630. The average Bonchev–Trinajstić information content (AvgIpc) is 2.37. The molecule has 0 atom stereocenters. The van der Waals surface area contributed by atoms with E-state index in [-0.39, 0.29) is 9.37 Å². The van der Waals surface area contributed by atoms with E-state index in [0.29, 0.717) is 15.2 Å². The van der Waals surface area contributed by atoms with Gasteiger partial charge in [0, 0.05) is 4.47 Å². The summed E-state index contributed by atoms with van der Waals surface area (Å²) in [5.41, 5.74) is 0.324. The molecule has 0 radical (unpaired) electrons. The number of nitrogens with one attached hydrogen (secondary N) is 1. The lowest BCUT2D eigenvalue weighted by atomic mass is 10.3. The molecule has 0 bridgehead atoms. The van der Waals surface area contributed by atoms with Crippen molar-refractivity contribution in [2.45, 2.75) is 4.90 Å². The van der Waals surface area contributed by atoms with E-state index in [4.69, 9.17) is 11.6 Å². The minimum absolute atomic E-state index is 0.163. The third-order valence-electron chi connectivity index (χ3n) is 2.37. The fourth-order valence-corrected chi connectivity index (χ4v) is 3.22. The molecule has 0 saturated carbocycles. The average molecular weight is 444 g/mol. The van der Waals surface area contributed by atoms with Crippen molar-refractivity contribution < 1.29 is 12.8 Å². The van der Waals surface area contributed by atoms with Crippen LogP contribution in [0.15, 0.2) is 50.2 Å². The van der Waals surface area contributed by atoms with Gasteiger partial charge in [0.05, 0.1) is 20.1 Å². The summed E-state index contributed by atoms with van der Waals surface area (Å²) >= 11 is 12.0. The summed E-state index contributed by atoms with van der Waals surface area (Å²) < 4.78 is 40.7. The first-order valence-corrected chi connectivity index (χ1v) is 8.67. The van der Waals surface area contributed by atoms with Crippen molar-refractivity contribution >= 4 is 59.2 Å². The zero-order valence-electron chi connectivity index (χ0n) is 9.70. The van der Waals surface area contributed by atoms with Crippen molar-refractivity contribution in [1.82, 2.24) is 0 Å². The van der Waals surface area contributed by atoms with Gasteiger partial charge in [0.1, 0.15) is 5.82 Å². The van der Waals surface area contributed by atoms with Crippen molar-refractivity contribution in [3.63, 3.8) is 0 Å². The topological polar surface area (TPSA) is 46.2 Å². The Labute approximate surface area is 137 Å². The van der Waals surface area contributed by atoms with Gasteiger partial charge in [-0.05, 0) is 68.3 Å². The number of hydrogen-bond acceptors (Lipinski definition) is 2. The van der Waals surface area contributed by atoms with Crippen LogP contribution >= 0.6 is 43.5 Å². The van der Waals surface area contributed by atoms with Gasteiger partial charge in [0.25, 0.3) is 10.0 Å². The number of anilines is 1. The Bertz CT molecular complexity index is 768. The van der Waals surface area contributed by atoms with Crippen LogP contribution < -0.4 is 4.72 Å². The number of sulfonamides is 1. The lowest BCUT2D eigenvalue weighted by Crippen LogP contribution is -2.13. The molecule has 1 N–H and O–H groups in total. The maximum absolute atomic E-state index is 13.4. The molecule has 3 nitrogen and oxygen atoms in total. The molecule has 0 aliphatic heterocycles. The minimum atomic E-state index is -3.86. The van der Waals surface area contributed by atoms with Crippen molar-refractivity contribution in [2.75, 3.05) is 4.72 Å².